The fourth-order valence-corrected chi connectivity index (χ4v) is 2.14. The molecule has 4 atom stereocenters. The minimum Gasteiger partial charge on any atom is -0.390 e. The van der Waals surface area contributed by atoms with Crippen molar-refractivity contribution in [3.8, 4) is 0 Å². The van der Waals surface area contributed by atoms with Crippen LogP contribution in [0.25, 0.3) is 0 Å². The molecule has 5 nitrogen and oxygen atoms in total. The lowest BCUT2D eigenvalue weighted by atomic mass is 9.97. The summed E-state index contributed by atoms with van der Waals surface area (Å²) in [6.45, 7) is 2.02. The molecule has 3 saturated heterocycles. The van der Waals surface area contributed by atoms with Crippen LogP contribution in [-0.2, 0) is 18.9 Å². The molecule has 3 aliphatic rings. The van der Waals surface area contributed by atoms with Gasteiger partial charge in [0.1, 0.15) is 25.1 Å². The number of ether oxygens (including phenoxy) is 4. The molecule has 0 radical (unpaired) electrons. The lowest BCUT2D eigenvalue weighted by Crippen LogP contribution is -2.43. The van der Waals surface area contributed by atoms with Gasteiger partial charge in [-0.15, -0.1) is 0 Å². The first-order valence-electron chi connectivity index (χ1n) is 4.97. The van der Waals surface area contributed by atoms with E-state index in [1.54, 1.807) is 0 Å². The number of hydrogen-bond donors (Lipinski definition) is 1. The molecule has 3 fully saturated rings. The van der Waals surface area contributed by atoms with Crippen LogP contribution in [0.15, 0.2) is 0 Å². The number of hydrogen-bond acceptors (Lipinski definition) is 5. The smallest absolute Gasteiger partial charge is 0.146 e. The molecule has 14 heavy (non-hydrogen) atoms. The monoisotopic (exact) mass is 202 g/mol. The van der Waals surface area contributed by atoms with Crippen molar-refractivity contribution in [2.75, 3.05) is 26.6 Å². The van der Waals surface area contributed by atoms with Crippen molar-refractivity contribution in [1.82, 2.24) is 0 Å². The SMILES string of the molecule is OC(C1COCOC1)C1OCC2OC21. The van der Waals surface area contributed by atoms with E-state index in [0.29, 0.717) is 26.6 Å². The summed E-state index contributed by atoms with van der Waals surface area (Å²) in [5.74, 6) is 0.0108. The molecule has 0 saturated carbocycles. The summed E-state index contributed by atoms with van der Waals surface area (Å²) >= 11 is 0. The number of aliphatic hydroxyl groups excluding tert-OH is 1. The highest BCUT2D eigenvalue weighted by atomic mass is 16.7. The van der Waals surface area contributed by atoms with Crippen molar-refractivity contribution < 1.29 is 24.1 Å². The Morgan fingerprint density at radius 1 is 1.14 bits per heavy atom. The van der Waals surface area contributed by atoms with Gasteiger partial charge in [-0.25, -0.2) is 0 Å². The van der Waals surface area contributed by atoms with Gasteiger partial charge in [-0.2, -0.15) is 0 Å². The maximum absolute atomic E-state index is 10.0. The average molecular weight is 202 g/mol. The second-order valence-corrected chi connectivity index (χ2v) is 4.05. The van der Waals surface area contributed by atoms with Gasteiger partial charge < -0.3 is 24.1 Å². The minimum absolute atomic E-state index is 0.0108. The summed E-state index contributed by atoms with van der Waals surface area (Å²) in [6, 6.07) is 0. The standard InChI is InChI=1S/C9H14O5/c10-7(5-1-11-4-12-2-5)9-8-6(14-8)3-13-9/h5-10H,1-4H2. The first-order chi connectivity index (χ1) is 6.86. The molecule has 3 heterocycles. The molecule has 1 N–H and O–H groups in total. The zero-order valence-electron chi connectivity index (χ0n) is 7.80. The van der Waals surface area contributed by atoms with Crippen LogP contribution in [-0.4, -0.2) is 56.1 Å². The number of rotatable bonds is 2. The van der Waals surface area contributed by atoms with E-state index in [-0.39, 0.29) is 24.2 Å². The normalized spacial score (nSPS) is 44.8. The fraction of sp³-hybridized carbons (Fsp3) is 1.00. The Balaban J connectivity index is 1.60. The van der Waals surface area contributed by atoms with Crippen molar-refractivity contribution in [3.63, 3.8) is 0 Å². The molecule has 0 aliphatic carbocycles. The Labute approximate surface area is 81.9 Å². The van der Waals surface area contributed by atoms with Crippen LogP contribution >= 0.6 is 0 Å². The Bertz CT molecular complexity index is 215. The molecule has 3 aliphatic heterocycles. The first kappa shape index (κ1) is 9.06. The number of aliphatic hydroxyl groups is 1. The summed E-state index contributed by atoms with van der Waals surface area (Å²) < 4.78 is 21.0. The second-order valence-electron chi connectivity index (χ2n) is 4.05. The molecule has 0 bridgehead atoms. The predicted octanol–water partition coefficient (Wildman–Crippen LogP) is -0.866. The summed E-state index contributed by atoms with van der Waals surface area (Å²) in [7, 11) is 0. The van der Waals surface area contributed by atoms with Crippen LogP contribution in [0, 0.1) is 5.92 Å². The predicted molar refractivity (Wildman–Crippen MR) is 44.7 cm³/mol. The molecule has 0 amide bonds. The maximum Gasteiger partial charge on any atom is 0.146 e. The van der Waals surface area contributed by atoms with Gasteiger partial charge in [-0.3, -0.25) is 0 Å². The Morgan fingerprint density at radius 2 is 1.93 bits per heavy atom. The Kier molecular flexibility index (Phi) is 2.22. The molecule has 0 aromatic heterocycles. The minimum atomic E-state index is -0.534. The third kappa shape index (κ3) is 1.45. The zero-order chi connectivity index (χ0) is 9.54. The largest absolute Gasteiger partial charge is 0.390 e. The Hall–Kier alpha value is -0.200. The van der Waals surface area contributed by atoms with Crippen LogP contribution in [0.5, 0.6) is 0 Å². The molecule has 3 rings (SSSR count). The van der Waals surface area contributed by atoms with E-state index in [4.69, 9.17) is 18.9 Å². The molecule has 0 spiro atoms. The fourth-order valence-electron chi connectivity index (χ4n) is 2.14. The number of epoxide rings is 1. The first-order valence-corrected chi connectivity index (χ1v) is 4.97. The third-order valence-electron chi connectivity index (χ3n) is 3.05. The van der Waals surface area contributed by atoms with Gasteiger partial charge in [0.15, 0.2) is 0 Å². The molecular formula is C9H14O5. The average Bonchev–Trinajstić information content (AvgIpc) is 2.91. The topological polar surface area (TPSA) is 60.5 Å². The summed E-state index contributed by atoms with van der Waals surface area (Å²) in [4.78, 5) is 0. The lowest BCUT2D eigenvalue weighted by Gasteiger charge is -2.29. The molecule has 5 heteroatoms. The van der Waals surface area contributed by atoms with Gasteiger partial charge in [0.2, 0.25) is 0 Å². The van der Waals surface area contributed by atoms with Crippen LogP contribution in [0.2, 0.25) is 0 Å². The highest BCUT2D eigenvalue weighted by Crippen LogP contribution is 2.37. The van der Waals surface area contributed by atoms with Crippen LogP contribution in [0.1, 0.15) is 0 Å². The van der Waals surface area contributed by atoms with Crippen LogP contribution in [0.3, 0.4) is 0 Å². The summed E-state index contributed by atoms with van der Waals surface area (Å²) in [6.07, 6.45) is -0.393. The quantitative estimate of drug-likeness (QED) is 0.590. The van der Waals surface area contributed by atoms with E-state index in [1.807, 2.05) is 0 Å². The van der Waals surface area contributed by atoms with Crippen molar-refractivity contribution >= 4 is 0 Å². The van der Waals surface area contributed by atoms with E-state index in [1.165, 1.54) is 0 Å². The van der Waals surface area contributed by atoms with Crippen LogP contribution in [0.4, 0.5) is 0 Å². The van der Waals surface area contributed by atoms with Crippen LogP contribution < -0.4 is 0 Å². The molecule has 4 unspecified atom stereocenters. The van der Waals surface area contributed by atoms with Gasteiger partial charge in [0.05, 0.1) is 25.9 Å². The third-order valence-corrected chi connectivity index (χ3v) is 3.05. The van der Waals surface area contributed by atoms with E-state index >= 15 is 0 Å². The molecular weight excluding hydrogens is 188 g/mol. The van der Waals surface area contributed by atoms with Gasteiger partial charge in [-0.1, -0.05) is 0 Å². The summed E-state index contributed by atoms with van der Waals surface area (Å²) in [5, 5.41) is 10.0. The van der Waals surface area contributed by atoms with Gasteiger partial charge in [0, 0.05) is 5.92 Å². The van der Waals surface area contributed by atoms with E-state index in [9.17, 15) is 5.11 Å². The highest BCUT2D eigenvalue weighted by Gasteiger charge is 2.55. The van der Waals surface area contributed by atoms with E-state index in [0.717, 1.165) is 0 Å². The van der Waals surface area contributed by atoms with Crippen molar-refractivity contribution in [1.29, 1.82) is 0 Å². The Morgan fingerprint density at radius 3 is 2.50 bits per heavy atom. The van der Waals surface area contributed by atoms with Gasteiger partial charge in [0.25, 0.3) is 0 Å². The summed E-state index contributed by atoms with van der Waals surface area (Å²) in [5.41, 5.74) is 0. The van der Waals surface area contributed by atoms with Crippen molar-refractivity contribution in [3.05, 3.63) is 0 Å². The van der Waals surface area contributed by atoms with E-state index < -0.39 is 6.10 Å². The van der Waals surface area contributed by atoms with Crippen molar-refractivity contribution in [2.24, 2.45) is 5.92 Å². The van der Waals surface area contributed by atoms with Gasteiger partial charge in [-0.05, 0) is 0 Å². The molecule has 0 aromatic rings. The van der Waals surface area contributed by atoms with Crippen molar-refractivity contribution in [2.45, 2.75) is 24.4 Å². The zero-order valence-corrected chi connectivity index (χ0v) is 7.80. The highest BCUT2D eigenvalue weighted by molar-refractivity contribution is 5.01. The van der Waals surface area contributed by atoms with Gasteiger partial charge >= 0.3 is 0 Å². The lowest BCUT2D eigenvalue weighted by molar-refractivity contribution is -0.169. The maximum atomic E-state index is 10.0. The van der Waals surface area contributed by atoms with E-state index in [2.05, 4.69) is 0 Å². The second kappa shape index (κ2) is 3.43. The molecule has 0 aromatic carbocycles. The molecule has 80 valence electrons. The number of fused-ring (bicyclic) bond motifs is 1.